The average Bonchev–Trinajstić information content (AvgIpc) is 2.39. The lowest BCUT2D eigenvalue weighted by atomic mass is 10.2. The molecule has 0 bridgehead atoms. The van der Waals surface area contributed by atoms with Gasteiger partial charge in [0, 0.05) is 24.2 Å². The molecule has 0 spiro atoms. The fourth-order valence-corrected chi connectivity index (χ4v) is 2.38. The van der Waals surface area contributed by atoms with Crippen LogP contribution in [-0.4, -0.2) is 26.7 Å². The highest BCUT2D eigenvalue weighted by atomic mass is 32.2. The minimum absolute atomic E-state index is 0.0341. The fraction of sp³-hybridized carbons (Fsp3) is 0.429. The molecule has 3 N–H and O–H groups in total. The Kier molecular flexibility index (Phi) is 6.52. The third kappa shape index (κ3) is 6.57. The second-order valence-corrected chi connectivity index (χ2v) is 6.20. The Hall–Kier alpha value is -1.55. The van der Waals surface area contributed by atoms with Crippen molar-refractivity contribution >= 4 is 15.9 Å². The van der Waals surface area contributed by atoms with Gasteiger partial charge in [0.15, 0.2) is 0 Å². The predicted molar refractivity (Wildman–Crippen MR) is 80.4 cm³/mol. The highest BCUT2D eigenvalue weighted by Gasteiger charge is 2.09. The normalized spacial score (nSPS) is 11.0. The van der Waals surface area contributed by atoms with Crippen LogP contribution in [0.25, 0.3) is 0 Å². The minimum atomic E-state index is -3.53. The summed E-state index contributed by atoms with van der Waals surface area (Å²) in [5.74, 6) is 5.92. The van der Waals surface area contributed by atoms with E-state index in [0.29, 0.717) is 18.7 Å². The first-order valence-corrected chi connectivity index (χ1v) is 7.88. The van der Waals surface area contributed by atoms with Crippen molar-refractivity contribution in [1.29, 1.82) is 0 Å². The maximum absolute atomic E-state index is 11.7. The molecule has 0 fully saturated rings. The summed E-state index contributed by atoms with van der Waals surface area (Å²) in [4.78, 5) is 0. The van der Waals surface area contributed by atoms with Gasteiger partial charge >= 0.3 is 0 Å². The van der Waals surface area contributed by atoms with Crippen LogP contribution >= 0.6 is 0 Å². The number of hydrogen-bond acceptors (Lipinski definition) is 3. The van der Waals surface area contributed by atoms with Gasteiger partial charge in [-0.15, -0.1) is 0 Å². The molecule has 20 heavy (non-hydrogen) atoms. The molecule has 0 saturated carbocycles. The van der Waals surface area contributed by atoms with Crippen LogP contribution in [0.2, 0.25) is 0 Å². The van der Waals surface area contributed by atoms with Crippen LogP contribution in [-0.2, 0) is 10.2 Å². The van der Waals surface area contributed by atoms with Crippen molar-refractivity contribution in [2.75, 3.05) is 17.9 Å². The Morgan fingerprint density at radius 3 is 2.45 bits per heavy atom. The average molecular weight is 296 g/mol. The number of nitrogens with one attached hydrogen (secondary N) is 2. The zero-order valence-electron chi connectivity index (χ0n) is 11.7. The van der Waals surface area contributed by atoms with Crippen molar-refractivity contribution < 1.29 is 13.5 Å². The summed E-state index contributed by atoms with van der Waals surface area (Å²) in [6.07, 6.45) is 0.424. The van der Waals surface area contributed by atoms with Crippen molar-refractivity contribution in [2.45, 2.75) is 20.3 Å². The maximum atomic E-state index is 11.7. The molecule has 0 aliphatic rings. The quantitative estimate of drug-likeness (QED) is 0.693. The van der Waals surface area contributed by atoms with E-state index in [1.807, 2.05) is 13.8 Å². The van der Waals surface area contributed by atoms with Gasteiger partial charge in [-0.2, -0.15) is 13.1 Å². The predicted octanol–water partition coefficient (Wildman–Crippen LogP) is 1.32. The van der Waals surface area contributed by atoms with Gasteiger partial charge in [0.1, 0.15) is 0 Å². The van der Waals surface area contributed by atoms with Gasteiger partial charge in [-0.1, -0.05) is 25.7 Å². The van der Waals surface area contributed by atoms with Crippen LogP contribution in [0.1, 0.15) is 25.8 Å². The monoisotopic (exact) mass is 296 g/mol. The molecule has 1 rings (SSSR count). The number of anilines is 1. The lowest BCUT2D eigenvalue weighted by molar-refractivity contribution is 0.305. The fourth-order valence-electron chi connectivity index (χ4n) is 1.31. The Balaban J connectivity index is 2.64. The number of hydrogen-bond donors (Lipinski definition) is 3. The maximum Gasteiger partial charge on any atom is 0.299 e. The smallest absolute Gasteiger partial charge is 0.299 e. The summed E-state index contributed by atoms with van der Waals surface area (Å²) in [6, 6.07) is 6.75. The third-order valence-electron chi connectivity index (χ3n) is 2.29. The minimum Gasteiger partial charge on any atom is -0.395 e. The zero-order valence-corrected chi connectivity index (χ0v) is 12.5. The Labute approximate surface area is 120 Å². The van der Waals surface area contributed by atoms with Crippen LogP contribution in [0.4, 0.5) is 5.69 Å². The van der Waals surface area contributed by atoms with Crippen LogP contribution in [0.5, 0.6) is 0 Å². The van der Waals surface area contributed by atoms with Gasteiger partial charge < -0.3 is 5.11 Å². The molecule has 0 aliphatic carbocycles. The van der Waals surface area contributed by atoms with E-state index in [-0.39, 0.29) is 12.5 Å². The molecule has 0 atom stereocenters. The number of aliphatic hydroxyl groups excluding tert-OH is 1. The van der Waals surface area contributed by atoms with E-state index >= 15 is 0 Å². The molecule has 0 aliphatic heterocycles. The van der Waals surface area contributed by atoms with Crippen molar-refractivity contribution in [3.05, 3.63) is 29.8 Å². The van der Waals surface area contributed by atoms with Crippen LogP contribution in [0.15, 0.2) is 24.3 Å². The van der Waals surface area contributed by atoms with E-state index in [9.17, 15) is 8.42 Å². The molecule has 1 aromatic carbocycles. The zero-order chi connectivity index (χ0) is 15.0. The summed E-state index contributed by atoms with van der Waals surface area (Å²) >= 11 is 0. The first-order valence-electron chi connectivity index (χ1n) is 6.40. The van der Waals surface area contributed by atoms with Crippen molar-refractivity contribution in [2.24, 2.45) is 5.92 Å². The number of aliphatic hydroxyl groups is 1. The van der Waals surface area contributed by atoms with E-state index in [1.165, 1.54) is 0 Å². The van der Waals surface area contributed by atoms with Gasteiger partial charge in [-0.25, -0.2) is 0 Å². The van der Waals surface area contributed by atoms with Gasteiger partial charge in [0.2, 0.25) is 0 Å². The van der Waals surface area contributed by atoms with Crippen LogP contribution in [0.3, 0.4) is 0 Å². The molecule has 0 unspecified atom stereocenters. The molecule has 6 heteroatoms. The van der Waals surface area contributed by atoms with E-state index in [1.54, 1.807) is 24.3 Å². The Morgan fingerprint density at radius 1 is 1.25 bits per heavy atom. The number of rotatable bonds is 6. The second-order valence-electron chi connectivity index (χ2n) is 4.70. The third-order valence-corrected chi connectivity index (χ3v) is 3.34. The van der Waals surface area contributed by atoms with Crippen molar-refractivity contribution in [1.82, 2.24) is 4.72 Å². The van der Waals surface area contributed by atoms with Gasteiger partial charge in [0.25, 0.3) is 10.2 Å². The highest BCUT2D eigenvalue weighted by Crippen LogP contribution is 2.10. The summed E-state index contributed by atoms with van der Waals surface area (Å²) in [5.41, 5.74) is 1.26. The molecule has 0 radical (unpaired) electrons. The molecular formula is C14H20N2O3S. The molecule has 110 valence electrons. The Bertz CT molecular complexity index is 569. The molecule has 0 heterocycles. The van der Waals surface area contributed by atoms with E-state index < -0.39 is 10.2 Å². The highest BCUT2D eigenvalue weighted by molar-refractivity contribution is 7.90. The Morgan fingerprint density at radius 2 is 1.90 bits per heavy atom. The van der Waals surface area contributed by atoms with E-state index in [4.69, 9.17) is 5.11 Å². The molecule has 0 amide bonds. The molecule has 1 aromatic rings. The van der Waals surface area contributed by atoms with Crippen LogP contribution in [0, 0.1) is 17.8 Å². The largest absolute Gasteiger partial charge is 0.395 e. The molecule has 5 nitrogen and oxygen atoms in total. The lowest BCUT2D eigenvalue weighted by Crippen LogP contribution is -2.32. The van der Waals surface area contributed by atoms with E-state index in [2.05, 4.69) is 21.3 Å². The SMILES string of the molecule is CC(C)CNS(=O)(=O)Nc1ccc(C#CCCO)cc1. The summed E-state index contributed by atoms with van der Waals surface area (Å²) in [7, 11) is -3.53. The molecule has 0 aromatic heterocycles. The first-order chi connectivity index (χ1) is 9.43. The second kappa shape index (κ2) is 7.90. The van der Waals surface area contributed by atoms with Gasteiger partial charge in [-0.05, 0) is 30.2 Å². The number of benzene rings is 1. The van der Waals surface area contributed by atoms with E-state index in [0.717, 1.165) is 5.56 Å². The molecule has 0 saturated heterocycles. The van der Waals surface area contributed by atoms with Gasteiger partial charge in [0.05, 0.1) is 6.61 Å². The standard InChI is InChI=1S/C14H20N2O3S/c1-12(2)11-15-20(18,19)16-14-8-6-13(7-9-14)5-3-4-10-17/h6-9,12,15-17H,4,10-11H2,1-2H3. The topological polar surface area (TPSA) is 78.4 Å². The van der Waals surface area contributed by atoms with Crippen LogP contribution < -0.4 is 9.44 Å². The summed E-state index contributed by atoms with van der Waals surface area (Å²) < 4.78 is 28.4. The van der Waals surface area contributed by atoms with Crippen molar-refractivity contribution in [3.8, 4) is 11.8 Å². The van der Waals surface area contributed by atoms with Gasteiger partial charge in [-0.3, -0.25) is 4.72 Å². The first kappa shape index (κ1) is 16.5. The summed E-state index contributed by atoms with van der Waals surface area (Å²) in [6.45, 7) is 4.29. The molecular weight excluding hydrogens is 276 g/mol. The lowest BCUT2D eigenvalue weighted by Gasteiger charge is -2.10. The summed E-state index contributed by atoms with van der Waals surface area (Å²) in [5, 5.41) is 8.62. The van der Waals surface area contributed by atoms with Crippen molar-refractivity contribution in [3.63, 3.8) is 0 Å².